The van der Waals surface area contributed by atoms with E-state index in [0.29, 0.717) is 45.9 Å². The Morgan fingerprint density at radius 1 is 1.21 bits per heavy atom. The van der Waals surface area contributed by atoms with E-state index < -0.39 is 0 Å². The molecule has 2 N–H and O–H groups in total. The first-order valence-corrected chi connectivity index (χ1v) is 8.13. The second kappa shape index (κ2) is 9.84. The number of carbonyl (C=O) groups excluding carboxylic acids is 2. The van der Waals surface area contributed by atoms with Crippen molar-refractivity contribution >= 4 is 17.6 Å². The van der Waals surface area contributed by atoms with Gasteiger partial charge in [0.05, 0.1) is 6.54 Å². The summed E-state index contributed by atoms with van der Waals surface area (Å²) in [6, 6.07) is 3.38. The first-order chi connectivity index (χ1) is 11.7. The second-order valence-electron chi connectivity index (χ2n) is 5.63. The first kappa shape index (κ1) is 18.2. The number of amides is 3. The number of nitrogens with one attached hydrogen (secondary N) is 2. The Morgan fingerprint density at radius 2 is 1.92 bits per heavy atom. The van der Waals surface area contributed by atoms with Crippen LogP contribution in [0.4, 0.5) is 10.5 Å². The molecule has 2 heterocycles. The zero-order valence-electron chi connectivity index (χ0n) is 14.0. The van der Waals surface area contributed by atoms with E-state index in [9.17, 15) is 9.59 Å². The van der Waals surface area contributed by atoms with Gasteiger partial charge in [0.1, 0.15) is 0 Å². The van der Waals surface area contributed by atoms with Gasteiger partial charge in [-0.1, -0.05) is 0 Å². The van der Waals surface area contributed by atoms with Crippen molar-refractivity contribution in [3.63, 3.8) is 0 Å². The Kier molecular flexibility index (Phi) is 7.44. The molecular formula is C16H25N5O3. The molecule has 0 unspecified atom stereocenters. The van der Waals surface area contributed by atoms with Crippen LogP contribution in [-0.4, -0.2) is 79.7 Å². The minimum atomic E-state index is -0.120. The van der Waals surface area contributed by atoms with E-state index in [-0.39, 0.29) is 11.9 Å². The summed E-state index contributed by atoms with van der Waals surface area (Å²) in [7, 11) is 1.64. The summed E-state index contributed by atoms with van der Waals surface area (Å²) in [5, 5.41) is 5.72. The topological polar surface area (TPSA) is 86.8 Å². The maximum atomic E-state index is 12.2. The lowest BCUT2D eigenvalue weighted by Crippen LogP contribution is -2.52. The van der Waals surface area contributed by atoms with Crippen molar-refractivity contribution in [2.75, 3.05) is 58.3 Å². The van der Waals surface area contributed by atoms with Crippen LogP contribution in [0.3, 0.4) is 0 Å². The average molecular weight is 335 g/mol. The molecule has 1 aliphatic heterocycles. The highest BCUT2D eigenvalue weighted by Gasteiger charge is 2.22. The molecule has 0 atom stereocenters. The van der Waals surface area contributed by atoms with Crippen LogP contribution < -0.4 is 10.6 Å². The largest absolute Gasteiger partial charge is 0.385 e. The number of nitrogens with zero attached hydrogens (tertiary/aromatic N) is 3. The zero-order valence-corrected chi connectivity index (χ0v) is 14.0. The molecule has 3 amide bonds. The van der Waals surface area contributed by atoms with Gasteiger partial charge in [-0.3, -0.25) is 14.7 Å². The average Bonchev–Trinajstić information content (AvgIpc) is 2.60. The molecule has 1 aliphatic rings. The van der Waals surface area contributed by atoms with Crippen LogP contribution in [0, 0.1) is 0 Å². The monoisotopic (exact) mass is 335 g/mol. The number of anilines is 1. The molecule has 1 aromatic heterocycles. The SMILES string of the molecule is COCCCNC(=O)CN1CCN(C(=O)Nc2ccncc2)CC1. The van der Waals surface area contributed by atoms with Crippen molar-refractivity contribution in [2.45, 2.75) is 6.42 Å². The smallest absolute Gasteiger partial charge is 0.321 e. The van der Waals surface area contributed by atoms with Crippen molar-refractivity contribution < 1.29 is 14.3 Å². The van der Waals surface area contributed by atoms with Crippen LogP contribution in [0.5, 0.6) is 0 Å². The fourth-order valence-electron chi connectivity index (χ4n) is 2.45. The number of methoxy groups -OCH3 is 1. The van der Waals surface area contributed by atoms with E-state index in [1.165, 1.54) is 0 Å². The molecule has 0 aliphatic carbocycles. The molecule has 0 spiro atoms. The van der Waals surface area contributed by atoms with Crippen LogP contribution >= 0.6 is 0 Å². The van der Waals surface area contributed by atoms with Crippen molar-refractivity contribution in [3.8, 4) is 0 Å². The summed E-state index contributed by atoms with van der Waals surface area (Å²) in [6.07, 6.45) is 4.09. The molecule has 0 radical (unpaired) electrons. The summed E-state index contributed by atoms with van der Waals surface area (Å²) in [6.45, 7) is 4.23. The van der Waals surface area contributed by atoms with Gasteiger partial charge in [0.15, 0.2) is 0 Å². The van der Waals surface area contributed by atoms with E-state index in [2.05, 4.69) is 20.5 Å². The standard InChI is InChI=1S/C16H25N5O3/c1-24-12-2-5-18-15(22)13-20-8-10-21(11-9-20)16(23)19-14-3-6-17-7-4-14/h3-4,6-7H,2,5,8-13H2,1H3,(H,18,22)(H,17,19,23). The summed E-state index contributed by atoms with van der Waals surface area (Å²) >= 11 is 0. The molecular weight excluding hydrogens is 310 g/mol. The molecule has 8 heteroatoms. The van der Waals surface area contributed by atoms with Crippen LogP contribution in [0.1, 0.15) is 6.42 Å². The van der Waals surface area contributed by atoms with Gasteiger partial charge in [-0.25, -0.2) is 4.79 Å². The van der Waals surface area contributed by atoms with E-state index in [1.807, 2.05) is 0 Å². The Morgan fingerprint density at radius 3 is 2.58 bits per heavy atom. The van der Waals surface area contributed by atoms with Gasteiger partial charge in [0.2, 0.25) is 5.91 Å². The van der Waals surface area contributed by atoms with Gasteiger partial charge in [-0.05, 0) is 18.6 Å². The first-order valence-electron chi connectivity index (χ1n) is 8.13. The quantitative estimate of drug-likeness (QED) is 0.704. The van der Waals surface area contributed by atoms with Crippen molar-refractivity contribution in [1.29, 1.82) is 0 Å². The number of ether oxygens (including phenoxy) is 1. The number of piperazine rings is 1. The van der Waals surface area contributed by atoms with Crippen LogP contribution in [0.2, 0.25) is 0 Å². The van der Waals surface area contributed by atoms with Crippen LogP contribution in [0.25, 0.3) is 0 Å². The summed E-state index contributed by atoms with van der Waals surface area (Å²) in [5.74, 6) is 0.0146. The predicted molar refractivity (Wildman–Crippen MR) is 90.8 cm³/mol. The van der Waals surface area contributed by atoms with Crippen LogP contribution in [0.15, 0.2) is 24.5 Å². The number of hydrogen-bond acceptors (Lipinski definition) is 5. The minimum absolute atomic E-state index is 0.0146. The Labute approximate surface area is 142 Å². The zero-order chi connectivity index (χ0) is 17.2. The van der Waals surface area contributed by atoms with Gasteiger partial charge in [-0.15, -0.1) is 0 Å². The number of hydrogen-bond donors (Lipinski definition) is 2. The fourth-order valence-corrected chi connectivity index (χ4v) is 2.45. The summed E-state index contributed by atoms with van der Waals surface area (Å²) in [4.78, 5) is 31.8. The van der Waals surface area contributed by atoms with Gasteiger partial charge in [-0.2, -0.15) is 0 Å². The Hall–Kier alpha value is -2.19. The highest BCUT2D eigenvalue weighted by Crippen LogP contribution is 2.07. The fraction of sp³-hybridized carbons (Fsp3) is 0.562. The molecule has 8 nitrogen and oxygen atoms in total. The second-order valence-corrected chi connectivity index (χ2v) is 5.63. The Bertz CT molecular complexity index is 518. The highest BCUT2D eigenvalue weighted by atomic mass is 16.5. The number of pyridine rings is 1. The van der Waals surface area contributed by atoms with E-state index >= 15 is 0 Å². The normalized spacial score (nSPS) is 15.1. The maximum absolute atomic E-state index is 12.2. The lowest BCUT2D eigenvalue weighted by Gasteiger charge is -2.34. The van der Waals surface area contributed by atoms with E-state index in [4.69, 9.17) is 4.74 Å². The summed E-state index contributed by atoms with van der Waals surface area (Å²) in [5.41, 5.74) is 0.730. The molecule has 0 bridgehead atoms. The third-order valence-corrected chi connectivity index (χ3v) is 3.81. The van der Waals surface area contributed by atoms with E-state index in [0.717, 1.165) is 12.1 Å². The molecule has 24 heavy (non-hydrogen) atoms. The van der Waals surface area contributed by atoms with Crippen molar-refractivity contribution in [1.82, 2.24) is 20.1 Å². The van der Waals surface area contributed by atoms with Gasteiger partial charge in [0.25, 0.3) is 0 Å². The number of aromatic nitrogens is 1. The molecule has 132 valence electrons. The number of rotatable bonds is 7. The van der Waals surface area contributed by atoms with Crippen molar-refractivity contribution in [2.24, 2.45) is 0 Å². The summed E-state index contributed by atoms with van der Waals surface area (Å²) < 4.78 is 4.94. The maximum Gasteiger partial charge on any atom is 0.321 e. The molecule has 2 rings (SSSR count). The molecule has 1 aromatic rings. The van der Waals surface area contributed by atoms with Crippen LogP contribution in [-0.2, 0) is 9.53 Å². The molecule has 0 saturated carbocycles. The minimum Gasteiger partial charge on any atom is -0.385 e. The number of carbonyl (C=O) groups is 2. The molecule has 1 fully saturated rings. The molecule has 1 saturated heterocycles. The van der Waals surface area contributed by atoms with Crippen molar-refractivity contribution in [3.05, 3.63) is 24.5 Å². The number of urea groups is 1. The van der Waals surface area contributed by atoms with Gasteiger partial charge >= 0.3 is 6.03 Å². The van der Waals surface area contributed by atoms with Gasteiger partial charge < -0.3 is 20.3 Å². The highest BCUT2D eigenvalue weighted by molar-refractivity contribution is 5.89. The lowest BCUT2D eigenvalue weighted by atomic mass is 10.3. The molecule has 0 aromatic carbocycles. The third kappa shape index (κ3) is 6.13. The van der Waals surface area contributed by atoms with E-state index in [1.54, 1.807) is 36.5 Å². The predicted octanol–water partition coefficient (Wildman–Crippen LogP) is 0.384. The third-order valence-electron chi connectivity index (χ3n) is 3.81. The van der Waals surface area contributed by atoms with Gasteiger partial charge in [0, 0.05) is 64.5 Å². The Balaban J connectivity index is 1.65. The lowest BCUT2D eigenvalue weighted by molar-refractivity contribution is -0.122.